The number of nitrogens with one attached hydrogen (secondary N) is 1. The molecule has 3 N–H and O–H groups in total. The van der Waals surface area contributed by atoms with Crippen LogP contribution in [0.25, 0.3) is 0 Å². The molecule has 1 aromatic rings. The minimum absolute atomic E-state index is 0.190. The Morgan fingerprint density at radius 1 is 1.56 bits per heavy atom. The summed E-state index contributed by atoms with van der Waals surface area (Å²) in [6, 6.07) is 4.22. The van der Waals surface area contributed by atoms with Crippen LogP contribution in [0.5, 0.6) is 0 Å². The van der Waals surface area contributed by atoms with Gasteiger partial charge in [-0.2, -0.15) is 0 Å². The first kappa shape index (κ1) is 12.8. The highest BCUT2D eigenvalue weighted by Crippen LogP contribution is 2.19. The molecule has 16 heavy (non-hydrogen) atoms. The van der Waals surface area contributed by atoms with E-state index in [0.29, 0.717) is 17.5 Å². The molecule has 0 radical (unpaired) electrons. The average Bonchev–Trinajstić information content (AvgIpc) is 2.20. The summed E-state index contributed by atoms with van der Waals surface area (Å²) in [6.07, 6.45) is 0. The number of aliphatic imine (C=N–C) groups is 1. The molecule has 0 saturated carbocycles. The molecular weight excluding hydrogens is 229 g/mol. The smallest absolute Gasteiger partial charge is 0.193 e. The number of benzene rings is 1. The fourth-order valence-electron chi connectivity index (χ4n) is 1.05. The quantitative estimate of drug-likeness (QED) is 0.634. The molecule has 0 amide bonds. The summed E-state index contributed by atoms with van der Waals surface area (Å²) < 4.78 is 13.3. The number of nitrogens with two attached hydrogens (primary N) is 1. The van der Waals surface area contributed by atoms with Crippen LogP contribution in [-0.2, 0) is 0 Å². The van der Waals surface area contributed by atoms with Crippen LogP contribution in [0.1, 0.15) is 13.8 Å². The van der Waals surface area contributed by atoms with Crippen LogP contribution < -0.4 is 11.1 Å². The van der Waals surface area contributed by atoms with Crippen LogP contribution in [0, 0.1) is 11.7 Å². The summed E-state index contributed by atoms with van der Waals surface area (Å²) >= 11 is 5.74. The van der Waals surface area contributed by atoms with E-state index < -0.39 is 5.82 Å². The summed E-state index contributed by atoms with van der Waals surface area (Å²) in [5.41, 5.74) is 5.84. The van der Waals surface area contributed by atoms with Crippen LogP contribution >= 0.6 is 11.6 Å². The molecule has 0 unspecified atom stereocenters. The SMILES string of the molecule is CC(C)CN=C(N)Nc1cc(Cl)ccc1F. The zero-order chi connectivity index (χ0) is 12.1. The van der Waals surface area contributed by atoms with Gasteiger partial charge in [-0.25, -0.2) is 4.39 Å². The van der Waals surface area contributed by atoms with E-state index in [1.54, 1.807) is 0 Å². The van der Waals surface area contributed by atoms with E-state index in [4.69, 9.17) is 17.3 Å². The average molecular weight is 244 g/mol. The van der Waals surface area contributed by atoms with Crippen molar-refractivity contribution in [3.63, 3.8) is 0 Å². The second kappa shape index (κ2) is 5.70. The number of rotatable bonds is 3. The van der Waals surface area contributed by atoms with Crippen LogP contribution in [0.4, 0.5) is 10.1 Å². The van der Waals surface area contributed by atoms with Crippen molar-refractivity contribution in [2.75, 3.05) is 11.9 Å². The fraction of sp³-hybridized carbons (Fsp3) is 0.364. The zero-order valence-corrected chi connectivity index (χ0v) is 10.1. The predicted octanol–water partition coefficient (Wildman–Crippen LogP) is 2.86. The lowest BCUT2D eigenvalue weighted by molar-refractivity contribution is 0.632. The van der Waals surface area contributed by atoms with Crippen molar-refractivity contribution < 1.29 is 4.39 Å². The molecule has 0 saturated heterocycles. The van der Waals surface area contributed by atoms with Gasteiger partial charge in [-0.05, 0) is 24.1 Å². The summed E-state index contributed by atoms with van der Waals surface area (Å²) in [7, 11) is 0. The molecule has 0 spiro atoms. The highest BCUT2D eigenvalue weighted by atomic mass is 35.5. The van der Waals surface area contributed by atoms with Crippen LogP contribution in [0.15, 0.2) is 23.2 Å². The molecule has 0 aliphatic rings. The molecule has 0 bridgehead atoms. The van der Waals surface area contributed by atoms with E-state index in [2.05, 4.69) is 10.3 Å². The van der Waals surface area contributed by atoms with Gasteiger partial charge in [0.15, 0.2) is 5.96 Å². The molecule has 1 rings (SSSR count). The molecule has 88 valence electrons. The van der Waals surface area contributed by atoms with E-state index in [1.165, 1.54) is 18.2 Å². The minimum atomic E-state index is -0.410. The Balaban J connectivity index is 2.72. The summed E-state index contributed by atoms with van der Waals surface area (Å²) in [5, 5.41) is 3.12. The third kappa shape index (κ3) is 4.06. The van der Waals surface area contributed by atoms with E-state index in [-0.39, 0.29) is 11.6 Å². The van der Waals surface area contributed by atoms with E-state index >= 15 is 0 Å². The lowest BCUT2D eigenvalue weighted by Gasteiger charge is -2.07. The predicted molar refractivity (Wildman–Crippen MR) is 66.4 cm³/mol. The molecule has 0 fully saturated rings. The van der Waals surface area contributed by atoms with Crippen molar-refractivity contribution in [1.82, 2.24) is 0 Å². The van der Waals surface area contributed by atoms with Gasteiger partial charge in [0, 0.05) is 11.6 Å². The van der Waals surface area contributed by atoms with Crippen molar-refractivity contribution in [2.24, 2.45) is 16.6 Å². The number of hydrogen-bond acceptors (Lipinski definition) is 1. The highest BCUT2D eigenvalue weighted by Gasteiger charge is 2.03. The normalized spacial score (nSPS) is 11.9. The summed E-state index contributed by atoms with van der Waals surface area (Å²) in [4.78, 5) is 4.06. The number of guanidine groups is 1. The van der Waals surface area contributed by atoms with Gasteiger partial charge in [0.1, 0.15) is 5.82 Å². The standard InChI is InChI=1S/C11H15ClFN3/c1-7(2)6-15-11(14)16-10-5-8(12)3-4-9(10)13/h3-5,7H,6H2,1-2H3,(H3,14,15,16). The van der Waals surface area contributed by atoms with E-state index in [9.17, 15) is 4.39 Å². The maximum Gasteiger partial charge on any atom is 0.193 e. The fourth-order valence-corrected chi connectivity index (χ4v) is 1.22. The summed E-state index contributed by atoms with van der Waals surface area (Å²) in [5.74, 6) is 0.187. The lowest BCUT2D eigenvalue weighted by atomic mass is 10.2. The molecule has 3 nitrogen and oxygen atoms in total. The Morgan fingerprint density at radius 2 is 2.25 bits per heavy atom. The maximum atomic E-state index is 13.3. The second-order valence-corrected chi connectivity index (χ2v) is 4.31. The first-order chi connectivity index (χ1) is 7.49. The van der Waals surface area contributed by atoms with Crippen molar-refractivity contribution in [1.29, 1.82) is 0 Å². The molecular formula is C11H15ClFN3. The maximum absolute atomic E-state index is 13.3. The molecule has 0 aliphatic heterocycles. The molecule has 0 aromatic heterocycles. The monoisotopic (exact) mass is 243 g/mol. The van der Waals surface area contributed by atoms with Gasteiger partial charge in [0.2, 0.25) is 0 Å². The van der Waals surface area contributed by atoms with Gasteiger partial charge in [-0.3, -0.25) is 4.99 Å². The number of nitrogens with zero attached hydrogens (tertiary/aromatic N) is 1. The van der Waals surface area contributed by atoms with Crippen LogP contribution in [0.3, 0.4) is 0 Å². The van der Waals surface area contributed by atoms with Crippen molar-refractivity contribution in [3.8, 4) is 0 Å². The number of anilines is 1. The minimum Gasteiger partial charge on any atom is -0.370 e. The summed E-state index contributed by atoms with van der Waals surface area (Å²) in [6.45, 7) is 4.65. The molecule has 0 heterocycles. The first-order valence-corrected chi connectivity index (χ1v) is 5.39. The Kier molecular flexibility index (Phi) is 4.55. The Bertz CT molecular complexity index is 391. The third-order valence-electron chi connectivity index (χ3n) is 1.82. The Hall–Kier alpha value is -1.29. The van der Waals surface area contributed by atoms with Gasteiger partial charge in [-0.1, -0.05) is 25.4 Å². The van der Waals surface area contributed by atoms with Crippen molar-refractivity contribution >= 4 is 23.2 Å². The van der Waals surface area contributed by atoms with Gasteiger partial charge in [-0.15, -0.1) is 0 Å². The molecule has 0 aliphatic carbocycles. The van der Waals surface area contributed by atoms with Gasteiger partial charge in [0.25, 0.3) is 0 Å². The number of hydrogen-bond donors (Lipinski definition) is 2. The first-order valence-electron chi connectivity index (χ1n) is 5.01. The van der Waals surface area contributed by atoms with Gasteiger partial charge < -0.3 is 11.1 Å². The topological polar surface area (TPSA) is 50.4 Å². The lowest BCUT2D eigenvalue weighted by Crippen LogP contribution is -2.24. The molecule has 1 aromatic carbocycles. The van der Waals surface area contributed by atoms with Crippen LogP contribution in [-0.4, -0.2) is 12.5 Å². The number of halogens is 2. The Labute approximate surface area is 99.5 Å². The van der Waals surface area contributed by atoms with Crippen molar-refractivity contribution in [2.45, 2.75) is 13.8 Å². The van der Waals surface area contributed by atoms with Gasteiger partial charge in [0.05, 0.1) is 5.69 Å². The molecule has 0 atom stereocenters. The highest BCUT2D eigenvalue weighted by molar-refractivity contribution is 6.30. The van der Waals surface area contributed by atoms with E-state index in [0.717, 1.165) is 0 Å². The van der Waals surface area contributed by atoms with E-state index in [1.807, 2.05) is 13.8 Å². The largest absolute Gasteiger partial charge is 0.370 e. The van der Waals surface area contributed by atoms with Crippen LogP contribution in [0.2, 0.25) is 5.02 Å². The van der Waals surface area contributed by atoms with Crippen molar-refractivity contribution in [3.05, 3.63) is 29.0 Å². The van der Waals surface area contributed by atoms with Gasteiger partial charge >= 0.3 is 0 Å². The second-order valence-electron chi connectivity index (χ2n) is 3.87. The zero-order valence-electron chi connectivity index (χ0n) is 9.30. The molecule has 5 heteroatoms. The Morgan fingerprint density at radius 3 is 2.88 bits per heavy atom. The third-order valence-corrected chi connectivity index (χ3v) is 2.05.